The summed E-state index contributed by atoms with van der Waals surface area (Å²) in [6.07, 6.45) is 2.37. The van der Waals surface area contributed by atoms with Crippen molar-refractivity contribution in [2.45, 2.75) is 30.6 Å². The molecule has 0 amide bonds. The minimum Gasteiger partial charge on any atom is -0.331 e. The first-order chi connectivity index (χ1) is 11.4. The zero-order valence-electron chi connectivity index (χ0n) is 13.7. The van der Waals surface area contributed by atoms with E-state index in [1.807, 2.05) is 26.1 Å². The van der Waals surface area contributed by atoms with Gasteiger partial charge < -0.3 is 4.57 Å². The molecule has 4 rings (SSSR count). The molecule has 2 aromatic carbocycles. The zero-order chi connectivity index (χ0) is 16.9. The van der Waals surface area contributed by atoms with Gasteiger partial charge in [0.15, 0.2) is 0 Å². The van der Waals surface area contributed by atoms with Crippen molar-refractivity contribution < 1.29 is 8.42 Å². The zero-order valence-corrected chi connectivity index (χ0v) is 14.5. The van der Waals surface area contributed by atoms with Crippen LogP contribution in [-0.4, -0.2) is 18.0 Å². The molecular weight excluding hydrogens is 322 g/mol. The Bertz CT molecular complexity index is 1030. The topological polar surface area (TPSA) is 64.0 Å². The fourth-order valence-corrected chi connectivity index (χ4v) is 4.14. The molecule has 1 heterocycles. The molecule has 0 atom stereocenters. The van der Waals surface area contributed by atoms with Crippen LogP contribution in [-0.2, 0) is 17.1 Å². The van der Waals surface area contributed by atoms with Gasteiger partial charge in [-0.25, -0.2) is 13.4 Å². The number of sulfonamides is 1. The highest BCUT2D eigenvalue weighted by Crippen LogP contribution is 2.40. The van der Waals surface area contributed by atoms with E-state index in [4.69, 9.17) is 0 Å². The Balaban J connectivity index is 1.69. The highest BCUT2D eigenvalue weighted by molar-refractivity contribution is 7.92. The monoisotopic (exact) mass is 341 g/mol. The van der Waals surface area contributed by atoms with Crippen LogP contribution in [0.4, 0.5) is 5.69 Å². The predicted molar refractivity (Wildman–Crippen MR) is 94.7 cm³/mol. The van der Waals surface area contributed by atoms with E-state index in [0.717, 1.165) is 22.4 Å². The van der Waals surface area contributed by atoms with E-state index in [1.54, 1.807) is 30.3 Å². The minimum absolute atomic E-state index is 0.266. The first-order valence-electron chi connectivity index (χ1n) is 8.00. The molecule has 1 aromatic heterocycles. The van der Waals surface area contributed by atoms with E-state index in [2.05, 4.69) is 14.3 Å². The van der Waals surface area contributed by atoms with Gasteiger partial charge in [0, 0.05) is 13.0 Å². The van der Waals surface area contributed by atoms with Gasteiger partial charge in [0.25, 0.3) is 10.0 Å². The molecule has 1 saturated carbocycles. The van der Waals surface area contributed by atoms with Crippen LogP contribution in [0.25, 0.3) is 11.0 Å². The number of aryl methyl sites for hydroxylation is 2. The minimum atomic E-state index is -3.60. The van der Waals surface area contributed by atoms with Gasteiger partial charge in [-0.1, -0.05) is 12.1 Å². The van der Waals surface area contributed by atoms with E-state index >= 15 is 0 Å². The fraction of sp³-hybridized carbons (Fsp3) is 0.278. The molecule has 0 aliphatic heterocycles. The lowest BCUT2D eigenvalue weighted by Crippen LogP contribution is -2.13. The first kappa shape index (κ1) is 15.2. The highest BCUT2D eigenvalue weighted by Gasteiger charge is 2.28. The maximum atomic E-state index is 12.5. The number of aromatic nitrogens is 2. The summed E-state index contributed by atoms with van der Waals surface area (Å²) in [4.78, 5) is 4.95. The number of nitrogens with zero attached hydrogens (tertiary/aromatic N) is 2. The van der Waals surface area contributed by atoms with Crippen molar-refractivity contribution in [2.75, 3.05) is 4.72 Å². The molecule has 1 fully saturated rings. The number of imidazole rings is 1. The number of hydrogen-bond acceptors (Lipinski definition) is 3. The third-order valence-corrected chi connectivity index (χ3v) is 5.79. The highest BCUT2D eigenvalue weighted by atomic mass is 32.2. The molecule has 1 aliphatic rings. The van der Waals surface area contributed by atoms with Gasteiger partial charge in [0.1, 0.15) is 5.82 Å². The smallest absolute Gasteiger partial charge is 0.261 e. The number of nitrogens with one attached hydrogen (secondary N) is 1. The van der Waals surface area contributed by atoms with Crippen molar-refractivity contribution in [3.63, 3.8) is 0 Å². The standard InChI is InChI=1S/C18H19N3O2S/c1-12-4-3-5-15(10-12)24(22,23)20-14-8-9-17-16(11-14)19-18(21(17)2)13-6-7-13/h3-5,8-11,13,20H,6-7H2,1-2H3. The Morgan fingerprint density at radius 2 is 1.96 bits per heavy atom. The molecular formula is C18H19N3O2S. The molecule has 0 bridgehead atoms. The number of anilines is 1. The molecule has 24 heavy (non-hydrogen) atoms. The van der Waals surface area contributed by atoms with Crippen molar-refractivity contribution in [1.82, 2.24) is 9.55 Å². The molecule has 0 unspecified atom stereocenters. The van der Waals surface area contributed by atoms with Crippen molar-refractivity contribution in [1.29, 1.82) is 0 Å². The number of benzene rings is 2. The van der Waals surface area contributed by atoms with Gasteiger partial charge >= 0.3 is 0 Å². The summed E-state index contributed by atoms with van der Waals surface area (Å²) in [6, 6.07) is 12.4. The molecule has 124 valence electrons. The summed E-state index contributed by atoms with van der Waals surface area (Å²) in [5.41, 5.74) is 3.29. The van der Waals surface area contributed by atoms with Gasteiger partial charge in [-0.15, -0.1) is 0 Å². The van der Waals surface area contributed by atoms with Gasteiger partial charge in [0.05, 0.1) is 21.6 Å². The second-order valence-electron chi connectivity index (χ2n) is 6.43. The van der Waals surface area contributed by atoms with Crippen LogP contribution in [0.5, 0.6) is 0 Å². The summed E-state index contributed by atoms with van der Waals surface area (Å²) in [7, 11) is -1.58. The summed E-state index contributed by atoms with van der Waals surface area (Å²) in [6.45, 7) is 1.87. The third kappa shape index (κ3) is 2.67. The van der Waals surface area contributed by atoms with E-state index in [9.17, 15) is 8.42 Å². The van der Waals surface area contributed by atoms with Crippen molar-refractivity contribution in [3.05, 3.63) is 53.9 Å². The van der Waals surface area contributed by atoms with Crippen LogP contribution in [0.15, 0.2) is 47.4 Å². The summed E-state index contributed by atoms with van der Waals surface area (Å²) >= 11 is 0. The average molecular weight is 341 g/mol. The lowest BCUT2D eigenvalue weighted by atomic mass is 10.2. The Morgan fingerprint density at radius 3 is 2.67 bits per heavy atom. The Kier molecular flexibility index (Phi) is 3.38. The normalized spacial score (nSPS) is 14.9. The van der Waals surface area contributed by atoms with E-state index in [-0.39, 0.29) is 4.90 Å². The molecule has 6 heteroatoms. The molecule has 0 radical (unpaired) electrons. The lowest BCUT2D eigenvalue weighted by molar-refractivity contribution is 0.601. The molecule has 3 aromatic rings. The quantitative estimate of drug-likeness (QED) is 0.789. The molecule has 1 aliphatic carbocycles. The maximum Gasteiger partial charge on any atom is 0.261 e. The maximum absolute atomic E-state index is 12.5. The molecule has 0 saturated heterocycles. The second kappa shape index (κ2) is 5.34. The largest absolute Gasteiger partial charge is 0.331 e. The first-order valence-corrected chi connectivity index (χ1v) is 9.48. The Hall–Kier alpha value is -2.34. The van der Waals surface area contributed by atoms with E-state index < -0.39 is 10.0 Å². The van der Waals surface area contributed by atoms with Crippen molar-refractivity contribution in [3.8, 4) is 0 Å². The van der Waals surface area contributed by atoms with Gasteiger partial charge in [-0.3, -0.25) is 4.72 Å². The average Bonchev–Trinajstić information content (AvgIpc) is 3.32. The van der Waals surface area contributed by atoms with Crippen molar-refractivity contribution in [2.24, 2.45) is 7.05 Å². The van der Waals surface area contributed by atoms with E-state index in [0.29, 0.717) is 11.6 Å². The van der Waals surface area contributed by atoms with E-state index in [1.165, 1.54) is 12.8 Å². The Morgan fingerprint density at radius 1 is 1.17 bits per heavy atom. The van der Waals surface area contributed by atoms with Crippen molar-refractivity contribution >= 4 is 26.7 Å². The molecule has 0 spiro atoms. The summed E-state index contributed by atoms with van der Waals surface area (Å²) in [5.74, 6) is 1.64. The molecule has 1 N–H and O–H groups in total. The summed E-state index contributed by atoms with van der Waals surface area (Å²) in [5, 5.41) is 0. The number of hydrogen-bond donors (Lipinski definition) is 1. The summed E-state index contributed by atoms with van der Waals surface area (Å²) < 4.78 is 29.8. The van der Waals surface area contributed by atoms with Crippen LogP contribution in [0.1, 0.15) is 30.1 Å². The van der Waals surface area contributed by atoms with Gasteiger partial charge in [-0.05, 0) is 55.7 Å². The number of fused-ring (bicyclic) bond motifs is 1. The van der Waals surface area contributed by atoms with Crippen LogP contribution in [0.2, 0.25) is 0 Å². The van der Waals surface area contributed by atoms with Crippen LogP contribution >= 0.6 is 0 Å². The number of rotatable bonds is 4. The SMILES string of the molecule is Cc1cccc(S(=O)(=O)Nc2ccc3c(c2)nc(C2CC2)n3C)c1. The molecule has 5 nitrogen and oxygen atoms in total. The van der Waals surface area contributed by atoms with Crippen LogP contribution < -0.4 is 4.72 Å². The third-order valence-electron chi connectivity index (χ3n) is 4.41. The Labute approximate surface area is 141 Å². The predicted octanol–water partition coefficient (Wildman–Crippen LogP) is 3.56. The second-order valence-corrected chi connectivity index (χ2v) is 8.11. The fourth-order valence-electron chi connectivity index (χ4n) is 2.99. The van der Waals surface area contributed by atoms with Gasteiger partial charge in [0.2, 0.25) is 0 Å². The van der Waals surface area contributed by atoms with Gasteiger partial charge in [-0.2, -0.15) is 0 Å². The van der Waals surface area contributed by atoms with Crippen LogP contribution in [0, 0.1) is 6.92 Å². The lowest BCUT2D eigenvalue weighted by Gasteiger charge is -2.08. The van der Waals surface area contributed by atoms with Crippen LogP contribution in [0.3, 0.4) is 0 Å².